The second-order valence-corrected chi connectivity index (χ2v) is 6.13. The van der Waals surface area contributed by atoms with Gasteiger partial charge in [-0.15, -0.1) is 0 Å². The monoisotopic (exact) mass is 267 g/mol. The minimum Gasteiger partial charge on any atom is -0.295 e. The average Bonchev–Trinajstić information content (AvgIpc) is 2.93. The molecule has 3 heteroatoms. The Balaban J connectivity index is 1.77. The van der Waals surface area contributed by atoms with Gasteiger partial charge in [0.15, 0.2) is 0 Å². The van der Waals surface area contributed by atoms with E-state index in [1.54, 1.807) is 5.56 Å². The maximum Gasteiger partial charge on any atom is 0.0522 e. The molecule has 0 radical (unpaired) electrons. The van der Waals surface area contributed by atoms with Gasteiger partial charge >= 0.3 is 0 Å². The average molecular weight is 267 g/mol. The molecule has 3 nitrogen and oxygen atoms in total. The molecule has 0 saturated heterocycles. The molecule has 0 bridgehead atoms. The van der Waals surface area contributed by atoms with Crippen LogP contribution in [0.3, 0.4) is 0 Å². The summed E-state index contributed by atoms with van der Waals surface area (Å²) in [5, 5.41) is 7.44. The fourth-order valence-corrected chi connectivity index (χ4v) is 4.02. The number of hydrogen-bond donors (Lipinski definition) is 1. The number of fused-ring (bicyclic) bond motifs is 4. The Labute approximate surface area is 120 Å². The Kier molecular flexibility index (Phi) is 2.88. The molecule has 1 aromatic heterocycles. The highest BCUT2D eigenvalue weighted by Crippen LogP contribution is 2.40. The minimum absolute atomic E-state index is 0.624. The molecule has 0 amide bonds. The predicted molar refractivity (Wildman–Crippen MR) is 79.7 cm³/mol. The number of rotatable bonds is 2. The molecule has 1 aromatic carbocycles. The van der Waals surface area contributed by atoms with Crippen LogP contribution in [-0.2, 0) is 19.4 Å². The Morgan fingerprint density at radius 2 is 2.15 bits per heavy atom. The fourth-order valence-electron chi connectivity index (χ4n) is 4.02. The first-order chi connectivity index (χ1) is 9.86. The maximum absolute atomic E-state index is 4.25. The summed E-state index contributed by atoms with van der Waals surface area (Å²) < 4.78 is 0. The molecule has 1 aliphatic heterocycles. The first-order valence-electron chi connectivity index (χ1n) is 7.69. The van der Waals surface area contributed by atoms with Crippen molar-refractivity contribution in [1.29, 1.82) is 0 Å². The third-order valence-corrected chi connectivity index (χ3v) is 4.93. The van der Waals surface area contributed by atoms with Crippen LogP contribution in [0.25, 0.3) is 0 Å². The summed E-state index contributed by atoms with van der Waals surface area (Å²) in [4.78, 5) is 2.68. The van der Waals surface area contributed by atoms with Crippen molar-refractivity contribution in [3.63, 3.8) is 0 Å². The van der Waals surface area contributed by atoms with Crippen LogP contribution in [0.15, 0.2) is 30.5 Å². The van der Waals surface area contributed by atoms with Gasteiger partial charge in [-0.05, 0) is 42.5 Å². The summed E-state index contributed by atoms with van der Waals surface area (Å²) in [7, 11) is 0. The Hall–Kier alpha value is -1.61. The molecule has 2 aliphatic rings. The van der Waals surface area contributed by atoms with Gasteiger partial charge in [-0.3, -0.25) is 10.00 Å². The van der Waals surface area contributed by atoms with Crippen LogP contribution in [0.5, 0.6) is 0 Å². The van der Waals surface area contributed by atoms with Crippen LogP contribution in [0.1, 0.15) is 41.6 Å². The number of hydrogen-bond acceptors (Lipinski definition) is 2. The molecular weight excluding hydrogens is 246 g/mol. The summed E-state index contributed by atoms with van der Waals surface area (Å²) in [6.07, 6.45) is 5.50. The van der Waals surface area contributed by atoms with Crippen LogP contribution >= 0.6 is 0 Å². The van der Waals surface area contributed by atoms with E-state index in [0.29, 0.717) is 12.0 Å². The lowest BCUT2D eigenvalue weighted by atomic mass is 9.74. The van der Waals surface area contributed by atoms with E-state index in [1.807, 2.05) is 6.20 Å². The molecule has 4 rings (SSSR count). The summed E-state index contributed by atoms with van der Waals surface area (Å²) >= 11 is 0. The molecule has 2 aromatic rings. The smallest absolute Gasteiger partial charge is 0.0522 e. The lowest BCUT2D eigenvalue weighted by Gasteiger charge is -2.44. The van der Waals surface area contributed by atoms with Crippen LogP contribution in [0.2, 0.25) is 0 Å². The number of H-pyrrole nitrogens is 1. The van der Waals surface area contributed by atoms with Crippen molar-refractivity contribution < 1.29 is 0 Å². The molecule has 0 saturated carbocycles. The molecule has 0 fully saturated rings. The second-order valence-electron chi connectivity index (χ2n) is 6.13. The maximum atomic E-state index is 4.25. The lowest BCUT2D eigenvalue weighted by Crippen LogP contribution is -2.47. The third kappa shape index (κ3) is 1.80. The number of aromatic nitrogens is 2. The van der Waals surface area contributed by atoms with E-state index < -0.39 is 0 Å². The summed E-state index contributed by atoms with van der Waals surface area (Å²) in [5.41, 5.74) is 5.85. The Morgan fingerprint density at radius 1 is 1.25 bits per heavy atom. The van der Waals surface area contributed by atoms with Crippen molar-refractivity contribution in [1.82, 2.24) is 15.1 Å². The van der Waals surface area contributed by atoms with Crippen LogP contribution in [-0.4, -0.2) is 27.7 Å². The summed E-state index contributed by atoms with van der Waals surface area (Å²) in [5.74, 6) is 0.624. The number of nitrogens with one attached hydrogen (secondary N) is 1. The highest BCUT2D eigenvalue weighted by Gasteiger charge is 2.38. The molecule has 0 unspecified atom stereocenters. The zero-order valence-electron chi connectivity index (χ0n) is 12.0. The van der Waals surface area contributed by atoms with Gasteiger partial charge in [0.1, 0.15) is 0 Å². The lowest BCUT2D eigenvalue weighted by molar-refractivity contribution is 0.136. The molecule has 104 valence electrons. The SMILES string of the molecule is CCCN1Cc2ccccc2[C@@H]2Cc3[nH]ncc3C[C@H]21. The van der Waals surface area contributed by atoms with Gasteiger partial charge in [0, 0.05) is 24.2 Å². The highest BCUT2D eigenvalue weighted by atomic mass is 15.2. The quantitative estimate of drug-likeness (QED) is 0.907. The van der Waals surface area contributed by atoms with E-state index in [1.165, 1.54) is 29.8 Å². The zero-order valence-corrected chi connectivity index (χ0v) is 12.0. The van der Waals surface area contributed by atoms with Gasteiger partial charge in [0.25, 0.3) is 0 Å². The van der Waals surface area contributed by atoms with E-state index in [9.17, 15) is 0 Å². The molecular formula is C17H21N3. The second kappa shape index (κ2) is 4.74. The third-order valence-electron chi connectivity index (χ3n) is 4.93. The topological polar surface area (TPSA) is 31.9 Å². The fraction of sp³-hybridized carbons (Fsp3) is 0.471. The zero-order chi connectivity index (χ0) is 13.5. The molecule has 1 aliphatic carbocycles. The largest absolute Gasteiger partial charge is 0.295 e. The molecule has 1 N–H and O–H groups in total. The van der Waals surface area contributed by atoms with Gasteiger partial charge in [0.2, 0.25) is 0 Å². The van der Waals surface area contributed by atoms with Crippen molar-refractivity contribution in [2.24, 2.45) is 0 Å². The van der Waals surface area contributed by atoms with Gasteiger partial charge < -0.3 is 0 Å². The standard InChI is InChI=1S/C17H21N3/c1-2-7-20-11-12-5-3-4-6-14(12)15-9-16-13(8-17(15)20)10-18-19-16/h3-6,10,15,17H,2,7-9,11H2,1H3,(H,18,19)/t15-,17+/m0/s1. The van der Waals surface area contributed by atoms with E-state index in [0.717, 1.165) is 19.4 Å². The Bertz CT molecular complexity index is 616. The first kappa shape index (κ1) is 12.2. The van der Waals surface area contributed by atoms with Crippen LogP contribution in [0, 0.1) is 0 Å². The summed E-state index contributed by atoms with van der Waals surface area (Å²) in [6, 6.07) is 9.64. The Morgan fingerprint density at radius 3 is 3.05 bits per heavy atom. The number of nitrogens with zero attached hydrogens (tertiary/aromatic N) is 2. The van der Waals surface area contributed by atoms with Gasteiger partial charge in [-0.2, -0.15) is 5.10 Å². The highest BCUT2D eigenvalue weighted by molar-refractivity contribution is 5.38. The van der Waals surface area contributed by atoms with Crippen LogP contribution < -0.4 is 0 Å². The van der Waals surface area contributed by atoms with E-state index in [4.69, 9.17) is 0 Å². The summed E-state index contributed by atoms with van der Waals surface area (Å²) in [6.45, 7) is 4.59. The van der Waals surface area contributed by atoms with Crippen molar-refractivity contribution in [2.75, 3.05) is 6.54 Å². The van der Waals surface area contributed by atoms with Crippen molar-refractivity contribution in [2.45, 2.75) is 44.7 Å². The molecule has 2 atom stereocenters. The van der Waals surface area contributed by atoms with E-state index in [2.05, 4.69) is 46.3 Å². The number of aromatic amines is 1. The normalized spacial score (nSPS) is 24.9. The molecule has 20 heavy (non-hydrogen) atoms. The van der Waals surface area contributed by atoms with Crippen molar-refractivity contribution in [3.8, 4) is 0 Å². The van der Waals surface area contributed by atoms with Gasteiger partial charge in [0.05, 0.1) is 6.20 Å². The van der Waals surface area contributed by atoms with Gasteiger partial charge in [-0.25, -0.2) is 0 Å². The minimum atomic E-state index is 0.624. The van der Waals surface area contributed by atoms with Gasteiger partial charge in [-0.1, -0.05) is 31.2 Å². The number of benzene rings is 1. The van der Waals surface area contributed by atoms with Crippen molar-refractivity contribution in [3.05, 3.63) is 52.8 Å². The van der Waals surface area contributed by atoms with Crippen LogP contribution in [0.4, 0.5) is 0 Å². The molecule has 2 heterocycles. The predicted octanol–water partition coefficient (Wildman–Crippen LogP) is 2.89. The first-order valence-corrected chi connectivity index (χ1v) is 7.69. The molecule has 0 spiro atoms. The van der Waals surface area contributed by atoms with Crippen molar-refractivity contribution >= 4 is 0 Å². The van der Waals surface area contributed by atoms with E-state index in [-0.39, 0.29) is 0 Å². The van der Waals surface area contributed by atoms with E-state index >= 15 is 0 Å².